The molecule has 0 heterocycles. The zero-order valence-electron chi connectivity index (χ0n) is 13.1. The van der Waals surface area contributed by atoms with Crippen molar-refractivity contribution in [2.75, 3.05) is 26.9 Å². The number of nitrogens with one attached hydrogen (secondary N) is 1. The molecule has 5 nitrogen and oxygen atoms in total. The number of ether oxygens (including phenoxy) is 3. The van der Waals surface area contributed by atoms with Crippen LogP contribution >= 0.6 is 11.6 Å². The van der Waals surface area contributed by atoms with E-state index in [2.05, 4.69) is 5.32 Å². The number of halogens is 2. The van der Waals surface area contributed by atoms with Crippen LogP contribution in [-0.4, -0.2) is 32.8 Å². The molecule has 0 fully saturated rings. The highest BCUT2D eigenvalue weighted by Crippen LogP contribution is 2.26. The van der Waals surface area contributed by atoms with Gasteiger partial charge in [-0.25, -0.2) is 4.39 Å². The first-order valence-corrected chi connectivity index (χ1v) is 7.58. The molecule has 24 heavy (non-hydrogen) atoms. The summed E-state index contributed by atoms with van der Waals surface area (Å²) in [6.07, 6.45) is 0. The van der Waals surface area contributed by atoms with Crippen molar-refractivity contribution in [3.05, 3.63) is 53.3 Å². The normalized spacial score (nSPS) is 10.1. The van der Waals surface area contributed by atoms with Crippen LogP contribution < -0.4 is 19.5 Å². The van der Waals surface area contributed by atoms with Crippen LogP contribution in [0.4, 0.5) is 4.39 Å². The smallest absolute Gasteiger partial charge is 0.258 e. The van der Waals surface area contributed by atoms with Crippen molar-refractivity contribution in [1.82, 2.24) is 5.32 Å². The first-order chi connectivity index (χ1) is 11.6. The molecular weight excluding hydrogens is 337 g/mol. The van der Waals surface area contributed by atoms with Crippen LogP contribution in [0.15, 0.2) is 42.5 Å². The molecule has 7 heteroatoms. The molecule has 0 bridgehead atoms. The van der Waals surface area contributed by atoms with Gasteiger partial charge in [-0.15, -0.1) is 0 Å². The summed E-state index contributed by atoms with van der Waals surface area (Å²) in [6, 6.07) is 10.9. The summed E-state index contributed by atoms with van der Waals surface area (Å²) in [6.45, 7) is 0.325. The van der Waals surface area contributed by atoms with Gasteiger partial charge in [0, 0.05) is 0 Å². The fraction of sp³-hybridized carbons (Fsp3) is 0.235. The van der Waals surface area contributed by atoms with Crippen molar-refractivity contribution < 1.29 is 23.4 Å². The Hall–Kier alpha value is -2.47. The third kappa shape index (κ3) is 5.31. The lowest BCUT2D eigenvalue weighted by atomic mass is 10.3. The van der Waals surface area contributed by atoms with Crippen molar-refractivity contribution in [2.45, 2.75) is 0 Å². The molecule has 2 aromatic carbocycles. The monoisotopic (exact) mass is 353 g/mol. The second-order valence-corrected chi connectivity index (χ2v) is 5.12. The van der Waals surface area contributed by atoms with Gasteiger partial charge in [0.25, 0.3) is 5.91 Å². The molecule has 128 valence electrons. The van der Waals surface area contributed by atoms with Crippen molar-refractivity contribution in [3.8, 4) is 17.2 Å². The Morgan fingerprint density at radius 2 is 1.88 bits per heavy atom. The fourth-order valence-electron chi connectivity index (χ4n) is 1.88. The van der Waals surface area contributed by atoms with E-state index < -0.39 is 5.82 Å². The summed E-state index contributed by atoms with van der Waals surface area (Å²) in [5.41, 5.74) is 0. The van der Waals surface area contributed by atoms with E-state index >= 15 is 0 Å². The SMILES string of the molecule is COc1ccccc1OCC(=O)NCCOc1ccc(F)cc1Cl. The molecule has 0 atom stereocenters. The van der Waals surface area contributed by atoms with E-state index in [1.165, 1.54) is 19.2 Å². The van der Waals surface area contributed by atoms with E-state index in [0.29, 0.717) is 17.2 Å². The van der Waals surface area contributed by atoms with E-state index in [4.69, 9.17) is 25.8 Å². The predicted octanol–water partition coefficient (Wildman–Crippen LogP) is 3.06. The summed E-state index contributed by atoms with van der Waals surface area (Å²) in [5.74, 6) is 0.672. The molecule has 0 aliphatic carbocycles. The summed E-state index contributed by atoms with van der Waals surface area (Å²) < 4.78 is 28.8. The molecule has 0 aromatic heterocycles. The number of rotatable bonds is 8. The van der Waals surface area contributed by atoms with Gasteiger partial charge in [0.2, 0.25) is 0 Å². The van der Waals surface area contributed by atoms with E-state index in [9.17, 15) is 9.18 Å². The lowest BCUT2D eigenvalue weighted by molar-refractivity contribution is -0.123. The topological polar surface area (TPSA) is 56.8 Å². The van der Waals surface area contributed by atoms with Gasteiger partial charge in [0.05, 0.1) is 18.7 Å². The van der Waals surface area contributed by atoms with Crippen molar-refractivity contribution >= 4 is 17.5 Å². The standard InChI is InChI=1S/C17H17ClFNO4/c1-22-15-4-2-3-5-16(15)24-11-17(21)20-8-9-23-14-7-6-12(19)10-13(14)18/h2-7,10H,8-9,11H2,1H3,(H,20,21). The maximum Gasteiger partial charge on any atom is 0.258 e. The number of amides is 1. The van der Waals surface area contributed by atoms with Gasteiger partial charge in [0.1, 0.15) is 18.2 Å². The zero-order chi connectivity index (χ0) is 17.4. The van der Waals surface area contributed by atoms with Gasteiger partial charge in [-0.2, -0.15) is 0 Å². The molecule has 0 saturated heterocycles. The number of hydrogen-bond donors (Lipinski definition) is 1. The van der Waals surface area contributed by atoms with E-state index in [0.717, 1.165) is 6.07 Å². The quantitative estimate of drug-likeness (QED) is 0.741. The highest BCUT2D eigenvalue weighted by molar-refractivity contribution is 6.32. The minimum Gasteiger partial charge on any atom is -0.493 e. The Morgan fingerprint density at radius 3 is 2.58 bits per heavy atom. The lowest BCUT2D eigenvalue weighted by Crippen LogP contribution is -2.32. The molecular formula is C17H17ClFNO4. The van der Waals surface area contributed by atoms with Gasteiger partial charge in [-0.3, -0.25) is 4.79 Å². The number of methoxy groups -OCH3 is 1. The Labute approximate surface area is 144 Å². The summed E-state index contributed by atoms with van der Waals surface area (Å²) in [4.78, 5) is 11.7. The number of benzene rings is 2. The van der Waals surface area contributed by atoms with Crippen LogP contribution in [0.3, 0.4) is 0 Å². The van der Waals surface area contributed by atoms with Gasteiger partial charge < -0.3 is 19.5 Å². The van der Waals surface area contributed by atoms with Crippen LogP contribution in [0.2, 0.25) is 5.02 Å². The summed E-state index contributed by atoms with van der Waals surface area (Å²) in [5, 5.41) is 2.83. The maximum atomic E-state index is 12.9. The number of carbonyl (C=O) groups is 1. The second-order valence-electron chi connectivity index (χ2n) is 4.71. The van der Waals surface area contributed by atoms with Crippen LogP contribution in [-0.2, 0) is 4.79 Å². The zero-order valence-corrected chi connectivity index (χ0v) is 13.8. The van der Waals surface area contributed by atoms with Gasteiger partial charge in [-0.05, 0) is 30.3 Å². The third-order valence-electron chi connectivity index (χ3n) is 3.00. The predicted molar refractivity (Wildman–Crippen MR) is 88.4 cm³/mol. The Bertz CT molecular complexity index is 696. The number of carbonyl (C=O) groups excluding carboxylic acids is 1. The van der Waals surface area contributed by atoms with Crippen LogP contribution in [0.25, 0.3) is 0 Å². The van der Waals surface area contributed by atoms with Crippen LogP contribution in [0.1, 0.15) is 0 Å². The second kappa shape index (κ2) is 8.98. The fourth-order valence-corrected chi connectivity index (χ4v) is 2.10. The van der Waals surface area contributed by atoms with Crippen molar-refractivity contribution in [1.29, 1.82) is 0 Å². The lowest BCUT2D eigenvalue weighted by Gasteiger charge is -2.11. The molecule has 0 saturated carbocycles. The van der Waals surface area contributed by atoms with Crippen molar-refractivity contribution in [3.63, 3.8) is 0 Å². The first kappa shape index (κ1) is 17.9. The van der Waals surface area contributed by atoms with Gasteiger partial charge in [0.15, 0.2) is 18.1 Å². The third-order valence-corrected chi connectivity index (χ3v) is 3.30. The molecule has 0 radical (unpaired) electrons. The summed E-state index contributed by atoms with van der Waals surface area (Å²) >= 11 is 5.83. The minimum atomic E-state index is -0.436. The molecule has 0 aliphatic heterocycles. The van der Waals surface area contributed by atoms with E-state index in [1.807, 2.05) is 6.07 Å². The largest absolute Gasteiger partial charge is 0.493 e. The van der Waals surface area contributed by atoms with Crippen LogP contribution in [0.5, 0.6) is 17.2 Å². The summed E-state index contributed by atoms with van der Waals surface area (Å²) in [7, 11) is 1.53. The molecule has 1 amide bonds. The van der Waals surface area contributed by atoms with Crippen LogP contribution in [0, 0.1) is 5.82 Å². The average molecular weight is 354 g/mol. The molecule has 0 spiro atoms. The first-order valence-electron chi connectivity index (χ1n) is 7.20. The Morgan fingerprint density at radius 1 is 1.12 bits per heavy atom. The Balaban J connectivity index is 1.70. The highest BCUT2D eigenvalue weighted by Gasteiger charge is 2.07. The number of para-hydroxylation sites is 2. The minimum absolute atomic E-state index is 0.141. The van der Waals surface area contributed by atoms with Crippen molar-refractivity contribution in [2.24, 2.45) is 0 Å². The average Bonchev–Trinajstić information content (AvgIpc) is 2.58. The molecule has 2 rings (SSSR count). The highest BCUT2D eigenvalue weighted by atomic mass is 35.5. The molecule has 1 N–H and O–H groups in total. The Kier molecular flexibility index (Phi) is 6.69. The van der Waals surface area contributed by atoms with E-state index in [1.54, 1.807) is 18.2 Å². The molecule has 0 aliphatic rings. The van der Waals surface area contributed by atoms with Gasteiger partial charge in [-0.1, -0.05) is 23.7 Å². The van der Waals surface area contributed by atoms with E-state index in [-0.39, 0.29) is 30.7 Å². The molecule has 0 unspecified atom stereocenters. The van der Waals surface area contributed by atoms with Gasteiger partial charge >= 0.3 is 0 Å². The number of hydrogen-bond acceptors (Lipinski definition) is 4. The molecule has 2 aromatic rings. The maximum absolute atomic E-state index is 12.9.